The van der Waals surface area contributed by atoms with E-state index in [1.54, 1.807) is 30.3 Å². The second kappa shape index (κ2) is 6.23. The van der Waals surface area contributed by atoms with E-state index in [0.29, 0.717) is 22.6 Å². The molecule has 0 atom stereocenters. The van der Waals surface area contributed by atoms with Gasteiger partial charge in [-0.2, -0.15) is 0 Å². The molecule has 0 spiro atoms. The topological polar surface area (TPSA) is 81.1 Å². The summed E-state index contributed by atoms with van der Waals surface area (Å²) >= 11 is 0. The first-order valence-electron chi connectivity index (χ1n) is 7.25. The van der Waals surface area contributed by atoms with Crippen LogP contribution in [-0.4, -0.2) is 5.91 Å². The molecule has 3 rings (SSSR count). The van der Waals surface area contributed by atoms with E-state index in [0.717, 1.165) is 11.1 Å². The minimum Gasteiger partial charge on any atom is -0.399 e. The number of nitrogens with two attached hydrogens (primary N) is 2. The molecule has 0 aromatic heterocycles. The number of benzene rings is 3. The smallest absolute Gasteiger partial charge is 0.255 e. The Morgan fingerprint density at radius 3 is 2.17 bits per heavy atom. The maximum atomic E-state index is 12.3. The Morgan fingerprint density at radius 2 is 1.48 bits per heavy atom. The molecule has 0 saturated heterocycles. The van der Waals surface area contributed by atoms with Crippen LogP contribution in [0.1, 0.15) is 10.4 Å². The summed E-state index contributed by atoms with van der Waals surface area (Å²) in [5, 5.41) is 2.85. The van der Waals surface area contributed by atoms with Crippen LogP contribution in [0.5, 0.6) is 0 Å². The van der Waals surface area contributed by atoms with Gasteiger partial charge in [0.25, 0.3) is 5.91 Å². The van der Waals surface area contributed by atoms with Crippen molar-refractivity contribution in [3.63, 3.8) is 0 Å². The molecule has 4 nitrogen and oxygen atoms in total. The second-order valence-corrected chi connectivity index (χ2v) is 5.24. The van der Waals surface area contributed by atoms with Crippen LogP contribution in [-0.2, 0) is 0 Å². The highest BCUT2D eigenvalue weighted by Crippen LogP contribution is 2.27. The molecule has 0 fully saturated rings. The van der Waals surface area contributed by atoms with Gasteiger partial charge in [0.2, 0.25) is 0 Å². The monoisotopic (exact) mass is 303 g/mol. The van der Waals surface area contributed by atoms with Gasteiger partial charge in [0.05, 0.1) is 11.4 Å². The number of carbonyl (C=O) groups is 1. The number of anilines is 3. The molecule has 4 heteroatoms. The summed E-state index contributed by atoms with van der Waals surface area (Å²) in [4.78, 5) is 12.3. The van der Waals surface area contributed by atoms with Crippen molar-refractivity contribution >= 4 is 23.0 Å². The zero-order valence-electron chi connectivity index (χ0n) is 12.5. The standard InChI is InChI=1S/C19H17N3O/c20-16-9-6-14(7-10-16)19(23)22-18-12-15(8-11-17(18)21)13-4-2-1-3-5-13/h1-12H,20-21H2,(H,22,23). The fraction of sp³-hybridized carbons (Fsp3) is 0. The minimum absolute atomic E-state index is 0.220. The summed E-state index contributed by atoms with van der Waals surface area (Å²) in [5.74, 6) is -0.220. The maximum absolute atomic E-state index is 12.3. The van der Waals surface area contributed by atoms with E-state index in [4.69, 9.17) is 11.5 Å². The predicted molar refractivity (Wildman–Crippen MR) is 95.1 cm³/mol. The first-order chi connectivity index (χ1) is 11.1. The summed E-state index contributed by atoms with van der Waals surface area (Å²) < 4.78 is 0. The van der Waals surface area contributed by atoms with Crippen molar-refractivity contribution in [1.82, 2.24) is 0 Å². The minimum atomic E-state index is -0.220. The Labute approximate surface area is 134 Å². The van der Waals surface area contributed by atoms with Gasteiger partial charge in [0.1, 0.15) is 0 Å². The van der Waals surface area contributed by atoms with E-state index in [-0.39, 0.29) is 5.91 Å². The molecular weight excluding hydrogens is 286 g/mol. The maximum Gasteiger partial charge on any atom is 0.255 e. The van der Waals surface area contributed by atoms with Gasteiger partial charge in [-0.1, -0.05) is 36.4 Å². The van der Waals surface area contributed by atoms with Crippen LogP contribution < -0.4 is 16.8 Å². The predicted octanol–water partition coefficient (Wildman–Crippen LogP) is 3.77. The van der Waals surface area contributed by atoms with Gasteiger partial charge < -0.3 is 16.8 Å². The van der Waals surface area contributed by atoms with Crippen molar-refractivity contribution < 1.29 is 4.79 Å². The van der Waals surface area contributed by atoms with Crippen molar-refractivity contribution in [2.45, 2.75) is 0 Å². The average Bonchev–Trinajstić information content (AvgIpc) is 2.58. The van der Waals surface area contributed by atoms with Crippen LogP contribution in [0.2, 0.25) is 0 Å². The van der Waals surface area contributed by atoms with Gasteiger partial charge in [-0.25, -0.2) is 0 Å². The van der Waals surface area contributed by atoms with Crippen LogP contribution in [0.4, 0.5) is 17.1 Å². The Balaban J connectivity index is 1.88. The molecule has 3 aromatic rings. The third-order valence-electron chi connectivity index (χ3n) is 3.58. The zero-order valence-corrected chi connectivity index (χ0v) is 12.5. The Morgan fingerprint density at radius 1 is 0.783 bits per heavy atom. The fourth-order valence-corrected chi connectivity index (χ4v) is 2.30. The molecule has 0 bridgehead atoms. The number of hydrogen-bond acceptors (Lipinski definition) is 3. The molecule has 0 radical (unpaired) electrons. The number of amides is 1. The molecule has 1 amide bonds. The lowest BCUT2D eigenvalue weighted by Crippen LogP contribution is -2.13. The van der Waals surface area contributed by atoms with Crippen molar-refractivity contribution in [3.05, 3.63) is 78.4 Å². The molecule has 0 aliphatic heterocycles. The van der Waals surface area contributed by atoms with Crippen molar-refractivity contribution in [2.75, 3.05) is 16.8 Å². The van der Waals surface area contributed by atoms with E-state index >= 15 is 0 Å². The van der Waals surface area contributed by atoms with E-state index in [1.807, 2.05) is 42.5 Å². The summed E-state index contributed by atoms with van der Waals surface area (Å²) in [6.07, 6.45) is 0. The van der Waals surface area contributed by atoms with Gasteiger partial charge >= 0.3 is 0 Å². The molecule has 0 aliphatic rings. The fourth-order valence-electron chi connectivity index (χ4n) is 2.30. The summed E-state index contributed by atoms with van der Waals surface area (Å²) in [6.45, 7) is 0. The number of nitrogen functional groups attached to an aromatic ring is 2. The first kappa shape index (κ1) is 14.7. The van der Waals surface area contributed by atoms with E-state index in [1.165, 1.54) is 0 Å². The van der Waals surface area contributed by atoms with Crippen LogP contribution in [0, 0.1) is 0 Å². The zero-order chi connectivity index (χ0) is 16.2. The number of carbonyl (C=O) groups excluding carboxylic acids is 1. The van der Waals surface area contributed by atoms with Crippen LogP contribution in [0.3, 0.4) is 0 Å². The van der Waals surface area contributed by atoms with Crippen molar-refractivity contribution in [3.8, 4) is 11.1 Å². The van der Waals surface area contributed by atoms with E-state index < -0.39 is 0 Å². The van der Waals surface area contributed by atoms with Gasteiger partial charge in [-0.05, 0) is 47.5 Å². The quantitative estimate of drug-likeness (QED) is 0.644. The van der Waals surface area contributed by atoms with Gasteiger partial charge in [0, 0.05) is 11.3 Å². The SMILES string of the molecule is Nc1ccc(C(=O)Nc2cc(-c3ccccc3)ccc2N)cc1. The molecule has 114 valence electrons. The highest BCUT2D eigenvalue weighted by atomic mass is 16.1. The highest BCUT2D eigenvalue weighted by molar-refractivity contribution is 6.06. The van der Waals surface area contributed by atoms with Crippen molar-refractivity contribution in [2.24, 2.45) is 0 Å². The summed E-state index contributed by atoms with van der Waals surface area (Å²) in [6, 6.07) is 22.3. The second-order valence-electron chi connectivity index (χ2n) is 5.24. The largest absolute Gasteiger partial charge is 0.399 e. The summed E-state index contributed by atoms with van der Waals surface area (Å²) in [5.41, 5.74) is 15.9. The number of nitrogens with one attached hydrogen (secondary N) is 1. The lowest BCUT2D eigenvalue weighted by atomic mass is 10.0. The molecule has 0 saturated carbocycles. The molecule has 0 aliphatic carbocycles. The van der Waals surface area contributed by atoms with Gasteiger partial charge in [-0.15, -0.1) is 0 Å². The molecule has 3 aromatic carbocycles. The normalized spacial score (nSPS) is 10.3. The van der Waals surface area contributed by atoms with Crippen LogP contribution >= 0.6 is 0 Å². The summed E-state index contributed by atoms with van der Waals surface area (Å²) in [7, 11) is 0. The van der Waals surface area contributed by atoms with Crippen molar-refractivity contribution in [1.29, 1.82) is 0 Å². The molecule has 0 heterocycles. The number of rotatable bonds is 3. The lowest BCUT2D eigenvalue weighted by molar-refractivity contribution is 0.102. The van der Waals surface area contributed by atoms with E-state index in [2.05, 4.69) is 5.32 Å². The molecule has 0 unspecified atom stereocenters. The molecular formula is C19H17N3O. The Hall–Kier alpha value is -3.27. The third-order valence-corrected chi connectivity index (χ3v) is 3.58. The van der Waals surface area contributed by atoms with Gasteiger partial charge in [-0.3, -0.25) is 4.79 Å². The molecule has 23 heavy (non-hydrogen) atoms. The highest BCUT2D eigenvalue weighted by Gasteiger charge is 2.09. The third kappa shape index (κ3) is 3.32. The van der Waals surface area contributed by atoms with Crippen LogP contribution in [0.15, 0.2) is 72.8 Å². The average molecular weight is 303 g/mol. The Bertz CT molecular complexity index is 827. The van der Waals surface area contributed by atoms with E-state index in [9.17, 15) is 4.79 Å². The Kier molecular flexibility index (Phi) is 3.97. The molecule has 5 N–H and O–H groups in total. The van der Waals surface area contributed by atoms with Crippen LogP contribution in [0.25, 0.3) is 11.1 Å². The lowest BCUT2D eigenvalue weighted by Gasteiger charge is -2.11. The number of hydrogen-bond donors (Lipinski definition) is 3. The first-order valence-corrected chi connectivity index (χ1v) is 7.25. The van der Waals surface area contributed by atoms with Gasteiger partial charge in [0.15, 0.2) is 0 Å².